The normalized spacial score (nSPS) is 14.2. The Hall–Kier alpha value is -1.98. The molecule has 1 rings (SSSR count). The first kappa shape index (κ1) is 12.1. The lowest BCUT2D eigenvalue weighted by Gasteiger charge is -2.08. The van der Waals surface area contributed by atoms with Gasteiger partial charge in [-0.25, -0.2) is 0 Å². The minimum absolute atomic E-state index is 0.167. The first-order valence-electron chi connectivity index (χ1n) is 4.09. The fourth-order valence-electron chi connectivity index (χ4n) is 1.25. The van der Waals surface area contributed by atoms with E-state index in [1.54, 1.807) is 0 Å². The summed E-state index contributed by atoms with van der Waals surface area (Å²) in [5.41, 5.74) is -1.53. The fourth-order valence-corrected chi connectivity index (χ4v) is 1.25. The van der Waals surface area contributed by atoms with Crippen LogP contribution >= 0.6 is 0 Å². The van der Waals surface area contributed by atoms with Crippen LogP contribution in [0.3, 0.4) is 0 Å². The van der Waals surface area contributed by atoms with Crippen molar-refractivity contribution in [2.24, 2.45) is 0 Å². The zero-order valence-electron chi connectivity index (χ0n) is 7.82. The van der Waals surface area contributed by atoms with Crippen LogP contribution in [-0.2, 0) is 6.18 Å². The molecule has 3 nitrogen and oxygen atoms in total. The molecule has 0 aliphatic carbocycles. The molecule has 0 saturated heterocycles. The van der Waals surface area contributed by atoms with Gasteiger partial charge in [0, 0.05) is 16.0 Å². The third kappa shape index (κ3) is 2.16. The van der Waals surface area contributed by atoms with Crippen molar-refractivity contribution >= 4 is 18.8 Å². The number of halogens is 3. The molecule has 0 radical (unpaired) electrons. The van der Waals surface area contributed by atoms with Crippen LogP contribution in [0, 0.1) is 0 Å². The second-order valence-electron chi connectivity index (χ2n) is 2.95. The van der Waals surface area contributed by atoms with Crippen molar-refractivity contribution in [2.75, 3.05) is 0 Å². The summed E-state index contributed by atoms with van der Waals surface area (Å²) in [4.78, 5) is 10.5. The quantitative estimate of drug-likeness (QED) is 0.713. The molecule has 0 atom stereocenters. The number of hydrogen-bond donors (Lipinski definition) is 2. The zero-order valence-corrected chi connectivity index (χ0v) is 7.82. The Kier molecular flexibility index (Phi) is 3.22. The van der Waals surface area contributed by atoms with Crippen molar-refractivity contribution in [2.45, 2.75) is 6.18 Å². The van der Waals surface area contributed by atoms with Gasteiger partial charge in [-0.1, -0.05) is 0 Å². The van der Waals surface area contributed by atoms with Gasteiger partial charge < -0.3 is 10.2 Å². The van der Waals surface area contributed by atoms with Crippen LogP contribution in [0.2, 0.25) is 0 Å². The number of alkyl halides is 3. The standard InChI is InChI=1S/C10H7F3O3/c11-10(12,13)9-2-6(3-14)1-7(4-15)8(9)5-16/h1-5,14,16H. The number of rotatable bonds is 1. The summed E-state index contributed by atoms with van der Waals surface area (Å²) in [6.07, 6.45) is -3.88. The number of benzene rings is 1. The highest BCUT2D eigenvalue weighted by Gasteiger charge is 2.32. The molecular weight excluding hydrogens is 225 g/mol. The van der Waals surface area contributed by atoms with E-state index >= 15 is 0 Å². The molecule has 86 valence electrons. The van der Waals surface area contributed by atoms with Crippen LogP contribution in [0.5, 0.6) is 0 Å². The van der Waals surface area contributed by atoms with Crippen LogP contribution in [0.25, 0.3) is 12.5 Å². The maximum atomic E-state index is 12.5. The monoisotopic (exact) mass is 232 g/mol. The van der Waals surface area contributed by atoms with Gasteiger partial charge in [-0.2, -0.15) is 13.2 Å². The fraction of sp³-hybridized carbons (Fsp3) is 0.100. The molecular formula is C10H7F3O3. The highest BCUT2D eigenvalue weighted by Crippen LogP contribution is 2.25. The molecule has 1 aromatic rings. The van der Waals surface area contributed by atoms with Crippen molar-refractivity contribution < 1.29 is 28.2 Å². The van der Waals surface area contributed by atoms with Crippen molar-refractivity contribution in [3.8, 4) is 0 Å². The summed E-state index contributed by atoms with van der Waals surface area (Å²) in [7, 11) is 0. The molecule has 16 heavy (non-hydrogen) atoms. The van der Waals surface area contributed by atoms with Gasteiger partial charge in [0.15, 0.2) is 6.29 Å². The van der Waals surface area contributed by atoms with E-state index in [9.17, 15) is 18.0 Å². The highest BCUT2D eigenvalue weighted by atomic mass is 19.4. The molecule has 0 aromatic heterocycles. The first-order valence-corrected chi connectivity index (χ1v) is 4.09. The van der Waals surface area contributed by atoms with Crippen molar-refractivity contribution in [3.05, 3.63) is 33.7 Å². The van der Waals surface area contributed by atoms with E-state index in [1.165, 1.54) is 0 Å². The summed E-state index contributed by atoms with van der Waals surface area (Å²) in [5, 5.41) is 16.5. The third-order valence-corrected chi connectivity index (χ3v) is 1.94. The van der Waals surface area contributed by atoms with Gasteiger partial charge in [0.1, 0.15) is 0 Å². The second kappa shape index (κ2) is 4.26. The molecule has 0 saturated carbocycles. The number of aliphatic hydroxyl groups is 2. The molecule has 0 heterocycles. The van der Waals surface area contributed by atoms with E-state index in [4.69, 9.17) is 10.2 Å². The van der Waals surface area contributed by atoms with Gasteiger partial charge in [-0.3, -0.25) is 4.79 Å². The Labute approximate surface area is 87.8 Å². The maximum absolute atomic E-state index is 12.5. The van der Waals surface area contributed by atoms with Crippen LogP contribution in [-0.4, -0.2) is 16.5 Å². The molecule has 6 heteroatoms. The van der Waals surface area contributed by atoms with Gasteiger partial charge >= 0.3 is 6.18 Å². The zero-order chi connectivity index (χ0) is 12.3. The molecule has 2 N–H and O–H groups in total. The minimum Gasteiger partial charge on any atom is -0.515 e. The Morgan fingerprint density at radius 3 is 2.12 bits per heavy atom. The smallest absolute Gasteiger partial charge is 0.417 e. The lowest BCUT2D eigenvalue weighted by molar-refractivity contribution is -0.138. The molecule has 0 aliphatic rings. The van der Waals surface area contributed by atoms with E-state index in [0.717, 1.165) is 6.07 Å². The average molecular weight is 232 g/mol. The molecule has 0 spiro atoms. The lowest BCUT2D eigenvalue weighted by atomic mass is 10.1. The number of carbonyl (C=O) groups is 1. The number of carbonyl (C=O) groups excluding carboxylic acids is 1. The van der Waals surface area contributed by atoms with E-state index in [2.05, 4.69) is 0 Å². The van der Waals surface area contributed by atoms with Gasteiger partial charge in [-0.05, 0) is 12.1 Å². The largest absolute Gasteiger partial charge is 0.515 e. The second-order valence-corrected chi connectivity index (χ2v) is 2.95. The van der Waals surface area contributed by atoms with Crippen LogP contribution in [0.1, 0.15) is 15.9 Å². The molecule has 0 aliphatic heterocycles. The summed E-state index contributed by atoms with van der Waals surface area (Å²) in [5.74, 6) is 0. The van der Waals surface area contributed by atoms with Gasteiger partial charge in [0.05, 0.1) is 18.1 Å². The highest BCUT2D eigenvalue weighted by molar-refractivity contribution is 5.76. The van der Waals surface area contributed by atoms with Crippen molar-refractivity contribution in [1.82, 2.24) is 0 Å². The number of aliphatic hydroxyl groups excluding tert-OH is 2. The Bertz CT molecular complexity index is 517. The number of aldehydes is 1. The average Bonchev–Trinajstić information content (AvgIpc) is 2.25. The Balaban J connectivity index is 3.79. The Morgan fingerprint density at radius 2 is 1.75 bits per heavy atom. The molecule has 1 aromatic carbocycles. The number of hydrogen-bond acceptors (Lipinski definition) is 3. The summed E-state index contributed by atoms with van der Waals surface area (Å²) < 4.78 is 37.6. The summed E-state index contributed by atoms with van der Waals surface area (Å²) in [6.45, 7) is 0. The van der Waals surface area contributed by atoms with Gasteiger partial charge in [0.2, 0.25) is 0 Å². The first-order chi connectivity index (χ1) is 7.43. The molecule has 0 bridgehead atoms. The SMILES string of the molecule is O=Cc1cc(=CO)cc(C(F)(F)F)c1=CO. The van der Waals surface area contributed by atoms with Crippen LogP contribution < -0.4 is 10.4 Å². The van der Waals surface area contributed by atoms with Crippen LogP contribution in [0.15, 0.2) is 12.1 Å². The summed E-state index contributed by atoms with van der Waals surface area (Å²) >= 11 is 0. The van der Waals surface area contributed by atoms with Gasteiger partial charge in [-0.15, -0.1) is 0 Å². The lowest BCUT2D eigenvalue weighted by Crippen LogP contribution is -2.26. The van der Waals surface area contributed by atoms with Crippen molar-refractivity contribution in [3.63, 3.8) is 0 Å². The molecule has 0 unspecified atom stereocenters. The minimum atomic E-state index is -4.72. The topological polar surface area (TPSA) is 57.5 Å². The van der Waals surface area contributed by atoms with E-state index in [-0.39, 0.29) is 23.3 Å². The van der Waals surface area contributed by atoms with E-state index in [0.29, 0.717) is 12.3 Å². The Morgan fingerprint density at radius 1 is 1.12 bits per heavy atom. The molecule has 0 fully saturated rings. The predicted molar refractivity (Wildman–Crippen MR) is 50.3 cm³/mol. The maximum Gasteiger partial charge on any atom is 0.417 e. The molecule has 0 amide bonds. The van der Waals surface area contributed by atoms with Crippen LogP contribution in [0.4, 0.5) is 13.2 Å². The predicted octanol–water partition coefficient (Wildman–Crippen LogP) is 1.11. The van der Waals surface area contributed by atoms with E-state index in [1.807, 2.05) is 0 Å². The summed E-state index contributed by atoms with van der Waals surface area (Å²) in [6, 6.07) is 1.67. The van der Waals surface area contributed by atoms with Crippen molar-refractivity contribution in [1.29, 1.82) is 0 Å². The van der Waals surface area contributed by atoms with Gasteiger partial charge in [0.25, 0.3) is 0 Å². The third-order valence-electron chi connectivity index (χ3n) is 1.94. The van der Waals surface area contributed by atoms with E-state index < -0.39 is 17.0 Å².